The summed E-state index contributed by atoms with van der Waals surface area (Å²) in [6, 6.07) is 11.2. The van der Waals surface area contributed by atoms with Gasteiger partial charge in [0.1, 0.15) is 0 Å². The van der Waals surface area contributed by atoms with Crippen molar-refractivity contribution < 1.29 is 8.42 Å². The predicted octanol–water partition coefficient (Wildman–Crippen LogP) is 2.60. The minimum absolute atomic E-state index is 0. The summed E-state index contributed by atoms with van der Waals surface area (Å²) < 4.78 is 23.8. The van der Waals surface area contributed by atoms with Gasteiger partial charge in [0.25, 0.3) is 0 Å². The maximum absolute atomic E-state index is 12.3. The van der Waals surface area contributed by atoms with E-state index in [0.717, 1.165) is 32.0 Å². The Labute approximate surface area is 193 Å². The molecule has 0 aliphatic carbocycles. The number of nitrogens with zero attached hydrogens (tertiary/aromatic N) is 3. The Kier molecular flexibility index (Phi) is 8.38. The number of hydrogen-bond donors (Lipinski definition) is 1. The molecular weight excluding hydrogens is 499 g/mol. The van der Waals surface area contributed by atoms with E-state index in [1.807, 2.05) is 13.8 Å². The number of rotatable bonds is 4. The monoisotopic (exact) mass is 534 g/mol. The number of benzene rings is 1. The number of aliphatic imine (C=N–C) groups is 1. The molecule has 2 aliphatic rings. The van der Waals surface area contributed by atoms with Crippen molar-refractivity contribution in [3.63, 3.8) is 0 Å². The van der Waals surface area contributed by atoms with Gasteiger partial charge in [-0.2, -0.15) is 0 Å². The van der Waals surface area contributed by atoms with Gasteiger partial charge in [-0.05, 0) is 38.7 Å². The third-order valence-electron chi connectivity index (χ3n) is 6.12. The molecule has 3 rings (SSSR count). The zero-order valence-electron chi connectivity index (χ0n) is 18.0. The van der Waals surface area contributed by atoms with Crippen molar-refractivity contribution in [2.45, 2.75) is 44.5 Å². The molecular formula is C21H35IN4O2S. The summed E-state index contributed by atoms with van der Waals surface area (Å²) in [6.45, 7) is 9.83. The number of hydrogen-bond acceptors (Lipinski definition) is 4. The van der Waals surface area contributed by atoms with E-state index >= 15 is 0 Å². The van der Waals surface area contributed by atoms with E-state index in [4.69, 9.17) is 0 Å². The molecule has 6 nitrogen and oxygen atoms in total. The highest BCUT2D eigenvalue weighted by Crippen LogP contribution is 2.26. The van der Waals surface area contributed by atoms with E-state index in [1.165, 1.54) is 5.56 Å². The number of sulfone groups is 1. The highest BCUT2D eigenvalue weighted by atomic mass is 127. The third kappa shape index (κ3) is 5.85. The van der Waals surface area contributed by atoms with Crippen molar-refractivity contribution >= 4 is 39.8 Å². The van der Waals surface area contributed by atoms with Crippen LogP contribution in [0, 0.1) is 5.92 Å². The molecule has 29 heavy (non-hydrogen) atoms. The van der Waals surface area contributed by atoms with E-state index in [2.05, 4.69) is 57.4 Å². The van der Waals surface area contributed by atoms with Crippen LogP contribution in [0.1, 0.15) is 32.8 Å². The van der Waals surface area contributed by atoms with Crippen LogP contribution in [0.2, 0.25) is 0 Å². The lowest BCUT2D eigenvalue weighted by Gasteiger charge is -2.39. The Balaban J connectivity index is 0.00000300. The molecule has 0 amide bonds. The molecule has 1 aromatic carbocycles. The first-order chi connectivity index (χ1) is 13.2. The SMILES string of the molecule is CN=C(NCC1CC(C)N(Cc2ccccc2)C1)N1CCS(=O)(=O)C(C)(C)C1.I. The van der Waals surface area contributed by atoms with Gasteiger partial charge >= 0.3 is 0 Å². The summed E-state index contributed by atoms with van der Waals surface area (Å²) in [5.41, 5.74) is 1.36. The molecule has 0 bridgehead atoms. The number of halogens is 1. The number of likely N-dealkylation sites (tertiary alicyclic amines) is 1. The van der Waals surface area contributed by atoms with Gasteiger partial charge in [0, 0.05) is 45.8 Å². The first-order valence-corrected chi connectivity index (χ1v) is 11.8. The fourth-order valence-corrected chi connectivity index (χ4v) is 5.66. The fraction of sp³-hybridized carbons (Fsp3) is 0.667. The van der Waals surface area contributed by atoms with Gasteiger partial charge in [0.2, 0.25) is 0 Å². The van der Waals surface area contributed by atoms with Crippen molar-refractivity contribution in [1.29, 1.82) is 0 Å². The van der Waals surface area contributed by atoms with Gasteiger partial charge in [0.05, 0.1) is 10.5 Å². The van der Waals surface area contributed by atoms with E-state index < -0.39 is 14.6 Å². The molecule has 2 unspecified atom stereocenters. The van der Waals surface area contributed by atoms with Gasteiger partial charge in [-0.1, -0.05) is 30.3 Å². The molecule has 0 spiro atoms. The van der Waals surface area contributed by atoms with Crippen molar-refractivity contribution in [3.8, 4) is 0 Å². The molecule has 2 heterocycles. The smallest absolute Gasteiger partial charge is 0.193 e. The highest BCUT2D eigenvalue weighted by Gasteiger charge is 2.41. The second kappa shape index (κ2) is 9.96. The predicted molar refractivity (Wildman–Crippen MR) is 131 cm³/mol. The van der Waals surface area contributed by atoms with Gasteiger partial charge < -0.3 is 10.2 Å². The summed E-state index contributed by atoms with van der Waals surface area (Å²) in [5.74, 6) is 1.57. The Morgan fingerprint density at radius 1 is 1.28 bits per heavy atom. The Hall–Kier alpha value is -0.870. The molecule has 2 saturated heterocycles. The highest BCUT2D eigenvalue weighted by molar-refractivity contribution is 14.0. The lowest BCUT2D eigenvalue weighted by Crippen LogP contribution is -2.57. The molecule has 2 aliphatic heterocycles. The molecule has 0 aromatic heterocycles. The van der Waals surface area contributed by atoms with E-state index in [1.54, 1.807) is 7.05 Å². The van der Waals surface area contributed by atoms with E-state index in [-0.39, 0.29) is 29.7 Å². The van der Waals surface area contributed by atoms with Crippen LogP contribution in [0.5, 0.6) is 0 Å². The second-order valence-electron chi connectivity index (χ2n) is 8.79. The molecule has 8 heteroatoms. The maximum Gasteiger partial charge on any atom is 0.193 e. The Morgan fingerprint density at radius 2 is 1.97 bits per heavy atom. The van der Waals surface area contributed by atoms with Crippen LogP contribution < -0.4 is 5.32 Å². The van der Waals surface area contributed by atoms with E-state index in [0.29, 0.717) is 25.0 Å². The van der Waals surface area contributed by atoms with Crippen molar-refractivity contribution in [1.82, 2.24) is 15.1 Å². The Bertz CT molecular complexity index is 798. The molecule has 1 aromatic rings. The minimum Gasteiger partial charge on any atom is -0.356 e. The van der Waals surface area contributed by atoms with Crippen LogP contribution in [0.15, 0.2) is 35.3 Å². The summed E-state index contributed by atoms with van der Waals surface area (Å²) in [6.07, 6.45) is 1.16. The standard InChI is InChI=1S/C21H34N4O2S.HI/c1-17-12-19(15-25(17)14-18-8-6-5-7-9-18)13-23-20(22-4)24-10-11-28(26,27)21(2,3)16-24;/h5-9,17,19H,10-16H2,1-4H3,(H,22,23);1H. The number of nitrogens with one attached hydrogen (secondary N) is 1. The maximum atomic E-state index is 12.3. The van der Waals surface area contributed by atoms with Gasteiger partial charge in [-0.25, -0.2) is 8.42 Å². The Morgan fingerprint density at radius 3 is 2.59 bits per heavy atom. The average Bonchev–Trinajstić information content (AvgIpc) is 2.99. The van der Waals surface area contributed by atoms with E-state index in [9.17, 15) is 8.42 Å². The first kappa shape index (κ1) is 24.4. The zero-order valence-corrected chi connectivity index (χ0v) is 21.1. The third-order valence-corrected chi connectivity index (χ3v) is 8.66. The summed E-state index contributed by atoms with van der Waals surface area (Å²) in [5, 5.41) is 3.51. The van der Waals surface area contributed by atoms with Crippen molar-refractivity contribution in [2.24, 2.45) is 10.9 Å². The number of guanidine groups is 1. The second-order valence-corrected chi connectivity index (χ2v) is 11.5. The fourth-order valence-electron chi connectivity index (χ4n) is 4.30. The zero-order chi connectivity index (χ0) is 20.4. The molecule has 2 atom stereocenters. The quantitative estimate of drug-likeness (QED) is 0.366. The van der Waals surface area contributed by atoms with Gasteiger partial charge in [-0.15, -0.1) is 24.0 Å². The van der Waals surface area contributed by atoms with Crippen LogP contribution in [0.3, 0.4) is 0 Å². The van der Waals surface area contributed by atoms with Crippen LogP contribution in [-0.2, 0) is 16.4 Å². The molecule has 0 radical (unpaired) electrons. The van der Waals surface area contributed by atoms with Crippen LogP contribution in [-0.4, -0.2) is 73.9 Å². The van der Waals surface area contributed by atoms with Gasteiger partial charge in [-0.3, -0.25) is 9.89 Å². The van der Waals surface area contributed by atoms with Crippen molar-refractivity contribution in [2.75, 3.05) is 39.0 Å². The largest absolute Gasteiger partial charge is 0.356 e. The van der Waals surface area contributed by atoms with Gasteiger partial charge in [0.15, 0.2) is 15.8 Å². The van der Waals surface area contributed by atoms with Crippen LogP contribution in [0.4, 0.5) is 0 Å². The molecule has 164 valence electrons. The molecule has 1 N–H and O–H groups in total. The van der Waals surface area contributed by atoms with Crippen molar-refractivity contribution in [3.05, 3.63) is 35.9 Å². The molecule has 2 fully saturated rings. The normalized spacial score (nSPS) is 26.8. The lowest BCUT2D eigenvalue weighted by atomic mass is 10.1. The topological polar surface area (TPSA) is 65.0 Å². The summed E-state index contributed by atoms with van der Waals surface area (Å²) in [7, 11) is -1.27. The average molecular weight is 535 g/mol. The van der Waals surface area contributed by atoms with Crippen LogP contribution >= 0.6 is 24.0 Å². The van der Waals surface area contributed by atoms with Crippen LogP contribution in [0.25, 0.3) is 0 Å². The summed E-state index contributed by atoms with van der Waals surface area (Å²) in [4.78, 5) is 9.04. The minimum atomic E-state index is -3.04. The summed E-state index contributed by atoms with van der Waals surface area (Å²) >= 11 is 0. The molecule has 0 saturated carbocycles. The lowest BCUT2D eigenvalue weighted by molar-refractivity contribution is 0.255. The first-order valence-electron chi connectivity index (χ1n) is 10.2.